The van der Waals surface area contributed by atoms with E-state index in [1.165, 1.54) is 0 Å². The first-order valence-corrected chi connectivity index (χ1v) is 16.1. The fourth-order valence-electron chi connectivity index (χ4n) is 5.24. The summed E-state index contributed by atoms with van der Waals surface area (Å²) in [5.41, 5.74) is 2.20. The number of benzene rings is 3. The Bertz CT molecular complexity index is 1500. The standard InChI is InChI=1S/C36H44N4O7/c1-3-46-31-18-16-26(24-32(31)45-2)13-9-20-37-35(43)28-17-19-33(41)39-29(23-25-11-5-4-6-12-25)36(44)38-21-10-22-47-30-15-8-7-14-27(30)34(42)40-28/h4-8,11-12,14-16,18,24,28-29H,3,9-10,13,17,19-23H2,1-2H3,(H,37,43)(H,38,44)(H,39,41)(H,40,42)/t28-,29?/m0/s1. The van der Waals surface area contributed by atoms with Gasteiger partial charge in [-0.3, -0.25) is 19.2 Å². The van der Waals surface area contributed by atoms with Crippen molar-refractivity contribution in [2.75, 3.05) is 33.4 Å². The Morgan fingerprint density at radius 3 is 2.53 bits per heavy atom. The van der Waals surface area contributed by atoms with Crippen molar-refractivity contribution < 1.29 is 33.4 Å². The molecule has 0 saturated carbocycles. The lowest BCUT2D eigenvalue weighted by Gasteiger charge is -2.22. The normalized spacial score (nSPS) is 17.6. The summed E-state index contributed by atoms with van der Waals surface area (Å²) >= 11 is 0. The van der Waals surface area contributed by atoms with Gasteiger partial charge in [0.25, 0.3) is 5.91 Å². The fourth-order valence-corrected chi connectivity index (χ4v) is 5.24. The number of carbonyl (C=O) groups is 4. The Kier molecular flexibility index (Phi) is 13.5. The minimum Gasteiger partial charge on any atom is -0.493 e. The van der Waals surface area contributed by atoms with Gasteiger partial charge in [0, 0.05) is 25.9 Å². The van der Waals surface area contributed by atoms with Crippen molar-refractivity contribution in [3.63, 3.8) is 0 Å². The maximum absolute atomic E-state index is 13.4. The van der Waals surface area contributed by atoms with Gasteiger partial charge in [-0.1, -0.05) is 48.5 Å². The van der Waals surface area contributed by atoms with E-state index < -0.39 is 29.8 Å². The van der Waals surface area contributed by atoms with Crippen LogP contribution in [0.15, 0.2) is 72.8 Å². The molecular weight excluding hydrogens is 600 g/mol. The van der Waals surface area contributed by atoms with Gasteiger partial charge in [0.15, 0.2) is 11.5 Å². The molecule has 11 nitrogen and oxygen atoms in total. The molecule has 1 unspecified atom stereocenters. The van der Waals surface area contributed by atoms with Crippen molar-refractivity contribution >= 4 is 23.6 Å². The number of ether oxygens (including phenoxy) is 3. The lowest BCUT2D eigenvalue weighted by atomic mass is 10.0. The third-order valence-electron chi connectivity index (χ3n) is 7.70. The van der Waals surface area contributed by atoms with Crippen LogP contribution in [-0.4, -0.2) is 69.1 Å². The van der Waals surface area contributed by atoms with Crippen molar-refractivity contribution in [3.8, 4) is 17.2 Å². The van der Waals surface area contributed by atoms with Gasteiger partial charge >= 0.3 is 0 Å². The summed E-state index contributed by atoms with van der Waals surface area (Å²) in [6.45, 7) is 3.38. The number of fused-ring (bicyclic) bond motifs is 1. The molecule has 0 radical (unpaired) electrons. The van der Waals surface area contributed by atoms with E-state index in [2.05, 4.69) is 21.3 Å². The monoisotopic (exact) mass is 644 g/mol. The highest BCUT2D eigenvalue weighted by molar-refractivity contribution is 5.99. The molecule has 3 aromatic rings. The van der Waals surface area contributed by atoms with E-state index >= 15 is 0 Å². The van der Waals surface area contributed by atoms with Gasteiger partial charge in [-0.15, -0.1) is 0 Å². The zero-order chi connectivity index (χ0) is 33.4. The predicted molar refractivity (Wildman–Crippen MR) is 178 cm³/mol. The van der Waals surface area contributed by atoms with Crippen LogP contribution in [0.3, 0.4) is 0 Å². The van der Waals surface area contributed by atoms with Crippen LogP contribution in [0, 0.1) is 0 Å². The number of hydrogen-bond donors (Lipinski definition) is 4. The zero-order valence-corrected chi connectivity index (χ0v) is 27.0. The molecule has 4 amide bonds. The summed E-state index contributed by atoms with van der Waals surface area (Å²) in [6, 6.07) is 20.1. The quantitative estimate of drug-likeness (QED) is 0.248. The number of hydrogen-bond acceptors (Lipinski definition) is 7. The van der Waals surface area contributed by atoms with Crippen molar-refractivity contribution in [1.82, 2.24) is 21.3 Å². The SMILES string of the molecule is CCOc1ccc(CCCNC(=O)[C@@H]2CCC(=O)NC(Cc3ccccc3)C(=O)NCCCOc3ccccc3C(=O)N2)cc1OC. The first-order valence-electron chi connectivity index (χ1n) is 16.1. The molecule has 1 aliphatic heterocycles. The van der Waals surface area contributed by atoms with Crippen molar-refractivity contribution in [3.05, 3.63) is 89.5 Å². The molecule has 0 aliphatic carbocycles. The van der Waals surface area contributed by atoms with Crippen molar-refractivity contribution in [1.29, 1.82) is 0 Å². The van der Waals surface area contributed by atoms with E-state index in [-0.39, 0.29) is 30.9 Å². The molecule has 4 rings (SSSR count). The van der Waals surface area contributed by atoms with Crippen LogP contribution in [0.25, 0.3) is 0 Å². The number of amides is 4. The fraction of sp³-hybridized carbons (Fsp3) is 0.389. The Balaban J connectivity index is 1.44. The lowest BCUT2D eigenvalue weighted by Crippen LogP contribution is -2.50. The van der Waals surface area contributed by atoms with Crippen LogP contribution < -0.4 is 35.5 Å². The van der Waals surface area contributed by atoms with Crippen LogP contribution in [0.5, 0.6) is 17.2 Å². The second-order valence-electron chi connectivity index (χ2n) is 11.2. The third kappa shape index (κ3) is 10.8. The molecule has 0 bridgehead atoms. The molecule has 0 aromatic heterocycles. The largest absolute Gasteiger partial charge is 0.493 e. The first kappa shape index (κ1) is 34.8. The molecule has 250 valence electrons. The average molecular weight is 645 g/mol. The van der Waals surface area contributed by atoms with Gasteiger partial charge in [0.1, 0.15) is 17.8 Å². The van der Waals surface area contributed by atoms with E-state index in [0.29, 0.717) is 62.6 Å². The maximum Gasteiger partial charge on any atom is 0.255 e. The number of rotatable bonds is 10. The van der Waals surface area contributed by atoms with Crippen LogP contribution >= 0.6 is 0 Å². The number of aryl methyl sites for hydroxylation is 1. The van der Waals surface area contributed by atoms with Crippen molar-refractivity contribution in [2.24, 2.45) is 0 Å². The van der Waals surface area contributed by atoms with Crippen LogP contribution in [0.4, 0.5) is 0 Å². The molecule has 0 saturated heterocycles. The Morgan fingerprint density at radius 2 is 1.74 bits per heavy atom. The van der Waals surface area contributed by atoms with Crippen LogP contribution in [0.1, 0.15) is 54.1 Å². The second-order valence-corrected chi connectivity index (χ2v) is 11.2. The Morgan fingerprint density at radius 1 is 0.957 bits per heavy atom. The van der Waals surface area contributed by atoms with Gasteiger partial charge in [0.2, 0.25) is 17.7 Å². The van der Waals surface area contributed by atoms with Gasteiger partial charge in [0.05, 0.1) is 25.9 Å². The molecule has 47 heavy (non-hydrogen) atoms. The first-order chi connectivity index (χ1) is 22.9. The lowest BCUT2D eigenvalue weighted by molar-refractivity contribution is -0.129. The summed E-state index contributed by atoms with van der Waals surface area (Å²) in [5, 5.41) is 11.4. The third-order valence-corrected chi connectivity index (χ3v) is 7.70. The van der Waals surface area contributed by atoms with Crippen molar-refractivity contribution in [2.45, 2.75) is 57.5 Å². The summed E-state index contributed by atoms with van der Waals surface area (Å²) in [5.74, 6) is 0.0985. The minimum atomic E-state index is -0.999. The van der Waals surface area contributed by atoms with E-state index in [1.807, 2.05) is 55.5 Å². The number of carbonyl (C=O) groups excluding carboxylic acids is 4. The summed E-state index contributed by atoms with van der Waals surface area (Å²) < 4.78 is 16.9. The summed E-state index contributed by atoms with van der Waals surface area (Å²) in [7, 11) is 1.59. The highest BCUT2D eigenvalue weighted by atomic mass is 16.5. The second kappa shape index (κ2) is 18.2. The smallest absolute Gasteiger partial charge is 0.255 e. The summed E-state index contributed by atoms with van der Waals surface area (Å²) in [6.07, 6.45) is 2.06. The molecule has 3 aromatic carbocycles. The van der Waals surface area contributed by atoms with E-state index in [1.54, 1.807) is 31.4 Å². The van der Waals surface area contributed by atoms with Crippen LogP contribution in [0.2, 0.25) is 0 Å². The molecule has 2 atom stereocenters. The summed E-state index contributed by atoms with van der Waals surface area (Å²) in [4.78, 5) is 53.0. The van der Waals surface area contributed by atoms with Gasteiger partial charge < -0.3 is 35.5 Å². The molecule has 4 N–H and O–H groups in total. The zero-order valence-electron chi connectivity index (χ0n) is 27.0. The Hall–Kier alpha value is -5.06. The molecule has 1 heterocycles. The van der Waals surface area contributed by atoms with Gasteiger partial charge in [-0.25, -0.2) is 0 Å². The number of nitrogens with one attached hydrogen (secondary N) is 4. The average Bonchev–Trinajstić information content (AvgIpc) is 3.08. The van der Waals surface area contributed by atoms with Crippen LogP contribution in [-0.2, 0) is 27.2 Å². The topological polar surface area (TPSA) is 144 Å². The molecule has 1 aliphatic rings. The van der Waals surface area contributed by atoms with Gasteiger partial charge in [-0.2, -0.15) is 0 Å². The van der Waals surface area contributed by atoms with Gasteiger partial charge in [-0.05, 0) is 68.0 Å². The molecule has 0 fully saturated rings. The van der Waals surface area contributed by atoms with E-state index in [9.17, 15) is 19.2 Å². The highest BCUT2D eigenvalue weighted by Gasteiger charge is 2.26. The molecular formula is C36H44N4O7. The highest BCUT2D eigenvalue weighted by Crippen LogP contribution is 2.28. The van der Waals surface area contributed by atoms with E-state index in [4.69, 9.17) is 14.2 Å². The Labute approximate surface area is 275 Å². The maximum atomic E-state index is 13.4. The number of methoxy groups -OCH3 is 1. The number of para-hydroxylation sites is 1. The van der Waals surface area contributed by atoms with E-state index in [0.717, 1.165) is 11.1 Å². The minimum absolute atomic E-state index is 0.0300. The predicted octanol–water partition coefficient (Wildman–Crippen LogP) is 3.35. The molecule has 0 spiro atoms. The molecule has 11 heteroatoms.